The van der Waals surface area contributed by atoms with Gasteiger partial charge in [0.25, 0.3) is 0 Å². The molecule has 6 nitrogen and oxygen atoms in total. The van der Waals surface area contributed by atoms with Crippen molar-refractivity contribution in [3.05, 3.63) is 0 Å². The fraction of sp³-hybridized carbons (Fsp3) is 0.950. The van der Waals surface area contributed by atoms with Crippen LogP contribution in [0.15, 0.2) is 0 Å². The molecule has 392 valence electrons. The van der Waals surface area contributed by atoms with E-state index in [9.17, 15) is 14.4 Å². The van der Waals surface area contributed by atoms with Crippen LogP contribution in [0.5, 0.6) is 0 Å². The lowest BCUT2D eigenvalue weighted by molar-refractivity contribution is -0.167. The van der Waals surface area contributed by atoms with Gasteiger partial charge in [0.05, 0.1) is 0 Å². The standard InChI is InChI=1S/C60H116O6/c1-6-8-9-10-11-12-13-14-15-18-22-25-28-31-34-40-45-50-58(61)64-53-57(54-65-59(62)51-46-41-37-36-38-43-48-55(3)4)66-60(63)52-47-42-35-32-29-26-23-20-17-16-19-21-24-27-30-33-39-44-49-56(5)7-2/h55-57H,6-54H2,1-5H3/t56?,57-/m1/s1. The molecule has 0 saturated heterocycles. The van der Waals surface area contributed by atoms with Gasteiger partial charge in [-0.3, -0.25) is 14.4 Å². The highest BCUT2D eigenvalue weighted by Gasteiger charge is 2.19. The molecule has 0 heterocycles. The van der Waals surface area contributed by atoms with Crippen LogP contribution in [-0.4, -0.2) is 37.2 Å². The maximum Gasteiger partial charge on any atom is 0.306 e. The van der Waals surface area contributed by atoms with E-state index < -0.39 is 6.10 Å². The highest BCUT2D eigenvalue weighted by atomic mass is 16.6. The summed E-state index contributed by atoms with van der Waals surface area (Å²) in [5, 5.41) is 0. The van der Waals surface area contributed by atoms with Crippen molar-refractivity contribution < 1.29 is 28.6 Å². The minimum absolute atomic E-state index is 0.0635. The van der Waals surface area contributed by atoms with E-state index in [2.05, 4.69) is 34.6 Å². The second-order valence-corrected chi connectivity index (χ2v) is 21.4. The van der Waals surface area contributed by atoms with Gasteiger partial charge >= 0.3 is 17.9 Å². The summed E-state index contributed by atoms with van der Waals surface area (Å²) in [6.45, 7) is 11.4. The number of hydrogen-bond acceptors (Lipinski definition) is 6. The van der Waals surface area contributed by atoms with Crippen molar-refractivity contribution in [2.45, 2.75) is 343 Å². The van der Waals surface area contributed by atoms with Crippen molar-refractivity contribution in [2.75, 3.05) is 13.2 Å². The molecule has 0 bridgehead atoms. The van der Waals surface area contributed by atoms with Crippen molar-refractivity contribution in [3.63, 3.8) is 0 Å². The minimum atomic E-state index is -0.763. The summed E-state index contributed by atoms with van der Waals surface area (Å²) in [5.41, 5.74) is 0. The zero-order valence-electron chi connectivity index (χ0n) is 45.3. The molecule has 0 aliphatic rings. The molecule has 0 aliphatic carbocycles. The van der Waals surface area contributed by atoms with Crippen LogP contribution >= 0.6 is 0 Å². The van der Waals surface area contributed by atoms with Gasteiger partial charge in [-0.15, -0.1) is 0 Å². The van der Waals surface area contributed by atoms with E-state index in [4.69, 9.17) is 14.2 Å². The monoisotopic (exact) mass is 933 g/mol. The topological polar surface area (TPSA) is 78.9 Å². The summed E-state index contributed by atoms with van der Waals surface area (Å²) in [5.74, 6) is 0.828. The van der Waals surface area contributed by atoms with Crippen LogP contribution in [0.1, 0.15) is 336 Å². The van der Waals surface area contributed by atoms with Crippen LogP contribution in [0.4, 0.5) is 0 Å². The number of hydrogen-bond donors (Lipinski definition) is 0. The Balaban J connectivity index is 4.18. The van der Waals surface area contributed by atoms with Crippen molar-refractivity contribution in [1.29, 1.82) is 0 Å². The van der Waals surface area contributed by atoms with E-state index in [1.165, 1.54) is 225 Å². The zero-order valence-corrected chi connectivity index (χ0v) is 45.3. The van der Waals surface area contributed by atoms with Gasteiger partial charge < -0.3 is 14.2 Å². The first-order chi connectivity index (χ1) is 32.3. The van der Waals surface area contributed by atoms with Gasteiger partial charge in [-0.25, -0.2) is 0 Å². The van der Waals surface area contributed by atoms with E-state index in [0.717, 1.165) is 69.6 Å². The van der Waals surface area contributed by atoms with Gasteiger partial charge in [-0.2, -0.15) is 0 Å². The smallest absolute Gasteiger partial charge is 0.306 e. The molecular formula is C60H116O6. The fourth-order valence-electron chi connectivity index (χ4n) is 9.20. The van der Waals surface area contributed by atoms with Gasteiger partial charge in [0, 0.05) is 19.3 Å². The lowest BCUT2D eigenvalue weighted by atomic mass is 9.99. The van der Waals surface area contributed by atoms with Crippen molar-refractivity contribution in [3.8, 4) is 0 Å². The summed E-state index contributed by atoms with van der Waals surface area (Å²) in [6, 6.07) is 0. The van der Waals surface area contributed by atoms with E-state index in [1.54, 1.807) is 0 Å². The third-order valence-electron chi connectivity index (χ3n) is 14.1. The minimum Gasteiger partial charge on any atom is -0.462 e. The zero-order chi connectivity index (χ0) is 48.2. The van der Waals surface area contributed by atoms with Gasteiger partial charge in [0.2, 0.25) is 0 Å². The first-order valence-corrected chi connectivity index (χ1v) is 29.8. The molecule has 0 N–H and O–H groups in total. The SMILES string of the molecule is CCCCCCCCCCCCCCCCCCCC(=O)OC[C@H](COC(=O)CCCCCCCCC(C)C)OC(=O)CCCCCCCCCCCCCCCCCCCCC(C)CC. The number of ether oxygens (including phenoxy) is 3. The van der Waals surface area contributed by atoms with Gasteiger partial charge in [0.15, 0.2) is 6.10 Å². The molecule has 2 atom stereocenters. The first-order valence-electron chi connectivity index (χ1n) is 29.8. The van der Waals surface area contributed by atoms with E-state index >= 15 is 0 Å². The number of unbranched alkanes of at least 4 members (excludes halogenated alkanes) is 38. The van der Waals surface area contributed by atoms with Gasteiger partial charge in [-0.1, -0.05) is 298 Å². The van der Waals surface area contributed by atoms with Crippen molar-refractivity contribution in [1.82, 2.24) is 0 Å². The van der Waals surface area contributed by atoms with Gasteiger partial charge in [0.1, 0.15) is 13.2 Å². The Morgan fingerprint density at radius 2 is 0.576 bits per heavy atom. The summed E-state index contributed by atoms with van der Waals surface area (Å²) in [7, 11) is 0. The van der Waals surface area contributed by atoms with E-state index in [-0.39, 0.29) is 31.1 Å². The second-order valence-electron chi connectivity index (χ2n) is 21.4. The molecule has 0 aliphatic heterocycles. The molecule has 0 fully saturated rings. The first kappa shape index (κ1) is 64.4. The molecule has 0 aromatic carbocycles. The Bertz CT molecular complexity index is 1010. The quantitative estimate of drug-likeness (QED) is 0.0343. The van der Waals surface area contributed by atoms with E-state index in [0.29, 0.717) is 19.3 Å². The van der Waals surface area contributed by atoms with Crippen LogP contribution < -0.4 is 0 Å². The number of carbonyl (C=O) groups excluding carboxylic acids is 3. The normalized spacial score (nSPS) is 12.5. The van der Waals surface area contributed by atoms with Crippen LogP contribution in [0, 0.1) is 11.8 Å². The molecule has 0 saturated carbocycles. The Labute approximate surface area is 412 Å². The summed E-state index contributed by atoms with van der Waals surface area (Å²) in [4.78, 5) is 38.1. The third-order valence-corrected chi connectivity index (χ3v) is 14.1. The Morgan fingerprint density at radius 1 is 0.318 bits per heavy atom. The number of rotatable bonds is 54. The number of esters is 3. The average molecular weight is 934 g/mol. The van der Waals surface area contributed by atoms with Crippen molar-refractivity contribution >= 4 is 17.9 Å². The fourth-order valence-corrected chi connectivity index (χ4v) is 9.20. The predicted molar refractivity (Wildman–Crippen MR) is 284 cm³/mol. The Kier molecular flexibility index (Phi) is 51.5. The lowest BCUT2D eigenvalue weighted by Crippen LogP contribution is -2.30. The van der Waals surface area contributed by atoms with Gasteiger partial charge in [-0.05, 0) is 31.1 Å². The largest absolute Gasteiger partial charge is 0.462 e. The molecule has 66 heavy (non-hydrogen) atoms. The Morgan fingerprint density at radius 3 is 0.864 bits per heavy atom. The number of carbonyl (C=O) groups is 3. The predicted octanol–water partition coefficient (Wildman–Crippen LogP) is 19.7. The van der Waals surface area contributed by atoms with Crippen LogP contribution in [0.25, 0.3) is 0 Å². The van der Waals surface area contributed by atoms with Crippen molar-refractivity contribution in [2.24, 2.45) is 11.8 Å². The average Bonchev–Trinajstić information content (AvgIpc) is 3.30. The highest BCUT2D eigenvalue weighted by Crippen LogP contribution is 2.19. The van der Waals surface area contributed by atoms with E-state index in [1.807, 2.05) is 0 Å². The molecule has 0 rings (SSSR count). The molecule has 0 aromatic heterocycles. The summed E-state index contributed by atoms with van der Waals surface area (Å²) < 4.78 is 16.9. The molecule has 6 heteroatoms. The maximum atomic E-state index is 12.9. The molecular weight excluding hydrogens is 817 g/mol. The molecule has 0 spiro atoms. The lowest BCUT2D eigenvalue weighted by Gasteiger charge is -2.18. The Hall–Kier alpha value is -1.59. The molecule has 0 aromatic rings. The maximum absolute atomic E-state index is 12.9. The van der Waals surface area contributed by atoms with Crippen LogP contribution in [-0.2, 0) is 28.6 Å². The highest BCUT2D eigenvalue weighted by molar-refractivity contribution is 5.71. The molecule has 0 amide bonds. The molecule has 1 unspecified atom stereocenters. The summed E-state index contributed by atoms with van der Waals surface area (Å²) in [6.07, 6.45) is 56.8. The summed E-state index contributed by atoms with van der Waals surface area (Å²) >= 11 is 0. The second kappa shape index (κ2) is 52.8. The van der Waals surface area contributed by atoms with Crippen LogP contribution in [0.3, 0.4) is 0 Å². The van der Waals surface area contributed by atoms with Crippen LogP contribution in [0.2, 0.25) is 0 Å². The third kappa shape index (κ3) is 51.8. The molecule has 0 radical (unpaired) electrons.